The molecule has 2 aromatic heterocycles. The van der Waals surface area contributed by atoms with E-state index in [2.05, 4.69) is 9.97 Å². The summed E-state index contributed by atoms with van der Waals surface area (Å²) < 4.78 is 0. The highest BCUT2D eigenvalue weighted by Crippen LogP contribution is 2.26. The highest BCUT2D eigenvalue weighted by Gasteiger charge is 2.09. The van der Waals surface area contributed by atoms with Crippen LogP contribution in [0, 0.1) is 0 Å². The fraction of sp³-hybridized carbons (Fsp3) is 0. The van der Waals surface area contributed by atoms with Crippen molar-refractivity contribution in [1.82, 2.24) is 9.97 Å². The van der Waals surface area contributed by atoms with Crippen LogP contribution in [0.5, 0.6) is 0 Å². The lowest BCUT2D eigenvalue weighted by atomic mass is 10.2. The molecular weight excluding hydrogens is 316 g/mol. The molecule has 3 nitrogen and oxygen atoms in total. The van der Waals surface area contributed by atoms with Crippen molar-refractivity contribution in [2.75, 3.05) is 0 Å². The van der Waals surface area contributed by atoms with E-state index in [4.69, 9.17) is 11.6 Å². The third kappa shape index (κ3) is 3.47. The zero-order valence-corrected chi connectivity index (χ0v) is 13.0. The predicted octanol–water partition coefficient (Wildman–Crippen LogP) is 4.75. The average Bonchev–Trinajstić information content (AvgIpc) is 3.04. The average molecular weight is 327 g/mol. The molecule has 0 amide bonds. The molecule has 22 heavy (non-hydrogen) atoms. The lowest BCUT2D eigenvalue weighted by molar-refractivity contribution is 0.105. The Bertz CT molecular complexity index is 810. The first kappa shape index (κ1) is 14.6. The van der Waals surface area contributed by atoms with E-state index in [1.807, 2.05) is 30.3 Å². The Morgan fingerprint density at radius 3 is 2.64 bits per heavy atom. The fourth-order valence-corrected chi connectivity index (χ4v) is 2.80. The van der Waals surface area contributed by atoms with Crippen LogP contribution in [0.1, 0.15) is 15.4 Å². The number of thiazole rings is 1. The quantitative estimate of drug-likeness (QED) is 0.513. The van der Waals surface area contributed by atoms with E-state index >= 15 is 0 Å². The van der Waals surface area contributed by atoms with Crippen molar-refractivity contribution in [2.24, 2.45) is 0 Å². The van der Waals surface area contributed by atoms with Crippen LogP contribution in [0.15, 0.2) is 60.9 Å². The fourth-order valence-electron chi connectivity index (χ4n) is 1.83. The van der Waals surface area contributed by atoms with Crippen molar-refractivity contribution in [3.8, 4) is 10.6 Å². The largest absolute Gasteiger partial charge is 0.288 e. The van der Waals surface area contributed by atoms with Crippen LogP contribution >= 0.6 is 22.9 Å². The molecule has 2 heterocycles. The molecule has 5 heteroatoms. The standard InChI is InChI=1S/C17H11ClN2OS/c18-13-6-4-12(5-7-13)17-20-11-16(22-17)15(21)9-8-14-3-1-2-10-19-14/h1-11H. The van der Waals surface area contributed by atoms with Gasteiger partial charge >= 0.3 is 0 Å². The second kappa shape index (κ2) is 6.64. The molecular formula is C17H11ClN2OS. The number of carbonyl (C=O) groups is 1. The minimum Gasteiger partial charge on any atom is -0.288 e. The number of halogens is 1. The Morgan fingerprint density at radius 2 is 1.91 bits per heavy atom. The molecule has 0 saturated heterocycles. The summed E-state index contributed by atoms with van der Waals surface area (Å²) in [7, 11) is 0. The number of ketones is 1. The molecule has 0 fully saturated rings. The molecule has 3 rings (SSSR count). The Kier molecular flexibility index (Phi) is 4.42. The molecule has 0 saturated carbocycles. The molecule has 0 atom stereocenters. The maximum absolute atomic E-state index is 12.2. The van der Waals surface area contributed by atoms with Gasteiger partial charge in [-0.3, -0.25) is 9.78 Å². The van der Waals surface area contributed by atoms with Gasteiger partial charge in [0.15, 0.2) is 5.78 Å². The zero-order chi connectivity index (χ0) is 15.4. The summed E-state index contributed by atoms with van der Waals surface area (Å²) in [6.45, 7) is 0. The van der Waals surface area contributed by atoms with Crippen molar-refractivity contribution in [1.29, 1.82) is 0 Å². The molecule has 0 aliphatic rings. The number of rotatable bonds is 4. The van der Waals surface area contributed by atoms with Gasteiger partial charge in [-0.2, -0.15) is 0 Å². The van der Waals surface area contributed by atoms with Gasteiger partial charge in [-0.25, -0.2) is 4.98 Å². The van der Waals surface area contributed by atoms with E-state index in [1.54, 1.807) is 30.6 Å². The number of pyridine rings is 1. The van der Waals surface area contributed by atoms with Crippen molar-refractivity contribution in [3.63, 3.8) is 0 Å². The maximum Gasteiger partial charge on any atom is 0.197 e. The van der Waals surface area contributed by atoms with Crippen LogP contribution < -0.4 is 0 Å². The van der Waals surface area contributed by atoms with Crippen LogP contribution in [-0.2, 0) is 0 Å². The molecule has 108 valence electrons. The number of nitrogens with zero attached hydrogens (tertiary/aromatic N) is 2. The van der Waals surface area contributed by atoms with Crippen LogP contribution in [-0.4, -0.2) is 15.8 Å². The lowest BCUT2D eigenvalue weighted by Crippen LogP contribution is -1.89. The summed E-state index contributed by atoms with van der Waals surface area (Å²) in [4.78, 5) is 21.2. The molecule has 0 aliphatic heterocycles. The summed E-state index contributed by atoms with van der Waals surface area (Å²) in [6, 6.07) is 12.9. The van der Waals surface area contributed by atoms with Gasteiger partial charge in [0.2, 0.25) is 0 Å². The monoisotopic (exact) mass is 326 g/mol. The van der Waals surface area contributed by atoms with Gasteiger partial charge in [0.05, 0.1) is 10.6 Å². The van der Waals surface area contributed by atoms with Gasteiger partial charge in [-0.1, -0.05) is 29.8 Å². The van der Waals surface area contributed by atoms with Crippen molar-refractivity contribution in [3.05, 3.63) is 76.5 Å². The lowest BCUT2D eigenvalue weighted by Gasteiger charge is -1.95. The normalized spacial score (nSPS) is 11.0. The second-order valence-electron chi connectivity index (χ2n) is 4.49. The molecule has 0 bridgehead atoms. The summed E-state index contributed by atoms with van der Waals surface area (Å²) in [5.41, 5.74) is 1.69. The van der Waals surface area contributed by atoms with Crippen molar-refractivity contribution < 1.29 is 4.79 Å². The molecule has 0 unspecified atom stereocenters. The number of benzene rings is 1. The summed E-state index contributed by atoms with van der Waals surface area (Å²) in [6.07, 6.45) is 6.50. The zero-order valence-electron chi connectivity index (χ0n) is 11.4. The minimum absolute atomic E-state index is 0.0802. The summed E-state index contributed by atoms with van der Waals surface area (Å²) >= 11 is 7.23. The Labute approximate surface area is 136 Å². The van der Waals surface area contributed by atoms with Gasteiger partial charge in [0.25, 0.3) is 0 Å². The Hall–Kier alpha value is -2.30. The number of hydrogen-bond acceptors (Lipinski definition) is 4. The SMILES string of the molecule is O=C(C=Cc1ccccn1)c1cnc(-c2ccc(Cl)cc2)s1. The third-order valence-electron chi connectivity index (χ3n) is 2.93. The van der Waals surface area contributed by atoms with Crippen LogP contribution in [0.4, 0.5) is 0 Å². The highest BCUT2D eigenvalue weighted by molar-refractivity contribution is 7.17. The molecule has 0 spiro atoms. The van der Waals surface area contributed by atoms with E-state index in [-0.39, 0.29) is 5.78 Å². The van der Waals surface area contributed by atoms with Crippen LogP contribution in [0.25, 0.3) is 16.6 Å². The van der Waals surface area contributed by atoms with Gasteiger partial charge in [0, 0.05) is 23.0 Å². The van der Waals surface area contributed by atoms with Crippen molar-refractivity contribution in [2.45, 2.75) is 0 Å². The van der Waals surface area contributed by atoms with E-state index in [1.165, 1.54) is 17.4 Å². The molecule has 1 aromatic carbocycles. The van der Waals surface area contributed by atoms with E-state index < -0.39 is 0 Å². The summed E-state index contributed by atoms with van der Waals surface area (Å²) in [5.74, 6) is -0.0802. The van der Waals surface area contributed by atoms with Crippen molar-refractivity contribution >= 4 is 34.8 Å². The molecule has 0 radical (unpaired) electrons. The Morgan fingerprint density at radius 1 is 1.09 bits per heavy atom. The van der Waals surface area contributed by atoms with Gasteiger partial charge in [-0.15, -0.1) is 11.3 Å². The van der Waals surface area contributed by atoms with E-state index in [0.29, 0.717) is 9.90 Å². The Balaban J connectivity index is 1.77. The van der Waals surface area contributed by atoms with E-state index in [9.17, 15) is 4.79 Å². The smallest absolute Gasteiger partial charge is 0.197 e. The van der Waals surface area contributed by atoms with Crippen LogP contribution in [0.3, 0.4) is 0 Å². The molecule has 0 N–H and O–H groups in total. The van der Waals surface area contributed by atoms with Crippen LogP contribution in [0.2, 0.25) is 5.02 Å². The van der Waals surface area contributed by atoms with Gasteiger partial charge in [-0.05, 0) is 36.4 Å². The van der Waals surface area contributed by atoms with Gasteiger partial charge in [0.1, 0.15) is 5.01 Å². The predicted molar refractivity (Wildman–Crippen MR) is 90.2 cm³/mol. The third-order valence-corrected chi connectivity index (χ3v) is 4.25. The first-order valence-corrected chi connectivity index (χ1v) is 7.77. The van der Waals surface area contributed by atoms with Gasteiger partial charge < -0.3 is 0 Å². The highest BCUT2D eigenvalue weighted by atomic mass is 35.5. The van der Waals surface area contributed by atoms with E-state index in [0.717, 1.165) is 16.3 Å². The minimum atomic E-state index is -0.0802. The number of carbonyl (C=O) groups excluding carboxylic acids is 1. The number of allylic oxidation sites excluding steroid dienone is 1. The number of hydrogen-bond donors (Lipinski definition) is 0. The first-order chi connectivity index (χ1) is 10.7. The molecule has 0 aliphatic carbocycles. The maximum atomic E-state index is 12.2. The number of aromatic nitrogens is 2. The molecule has 3 aromatic rings. The second-order valence-corrected chi connectivity index (χ2v) is 5.96. The summed E-state index contributed by atoms with van der Waals surface area (Å²) in [5, 5.41) is 1.47. The topological polar surface area (TPSA) is 42.9 Å². The first-order valence-electron chi connectivity index (χ1n) is 6.57.